The molecule has 0 bridgehead atoms. The van der Waals surface area contributed by atoms with E-state index in [2.05, 4.69) is 15.5 Å². The lowest BCUT2D eigenvalue weighted by atomic mass is 10.2. The van der Waals surface area contributed by atoms with Crippen LogP contribution >= 0.6 is 34.8 Å². The Labute approximate surface area is 152 Å². The minimum atomic E-state index is -0.388. The highest BCUT2D eigenvalue weighted by molar-refractivity contribution is 6.36. The van der Waals surface area contributed by atoms with Crippen LogP contribution < -0.4 is 5.32 Å². The zero-order chi connectivity index (χ0) is 17.3. The van der Waals surface area contributed by atoms with Gasteiger partial charge in [0.25, 0.3) is 5.91 Å². The number of benzene rings is 1. The fourth-order valence-electron chi connectivity index (χ4n) is 2.20. The molecule has 9 heteroatoms. The monoisotopic (exact) mass is 383 g/mol. The van der Waals surface area contributed by atoms with Gasteiger partial charge in [-0.15, -0.1) is 0 Å². The molecule has 3 rings (SSSR count). The second kappa shape index (κ2) is 6.84. The van der Waals surface area contributed by atoms with Crippen LogP contribution in [0.25, 0.3) is 0 Å². The average Bonchev–Trinajstić information content (AvgIpc) is 3.10. The molecule has 0 unspecified atom stereocenters. The number of amides is 1. The maximum absolute atomic E-state index is 12.2. The van der Waals surface area contributed by atoms with E-state index in [1.807, 2.05) is 0 Å². The Morgan fingerprint density at radius 3 is 2.50 bits per heavy atom. The van der Waals surface area contributed by atoms with Gasteiger partial charge in [-0.3, -0.25) is 14.2 Å². The van der Waals surface area contributed by atoms with E-state index >= 15 is 0 Å². The van der Waals surface area contributed by atoms with Crippen molar-refractivity contribution in [3.63, 3.8) is 0 Å². The van der Waals surface area contributed by atoms with E-state index in [0.29, 0.717) is 22.4 Å². The maximum atomic E-state index is 12.2. The zero-order valence-electron chi connectivity index (χ0n) is 12.5. The number of aromatic nitrogens is 4. The molecule has 0 aliphatic heterocycles. The van der Waals surface area contributed by atoms with E-state index in [-0.39, 0.29) is 16.6 Å². The summed E-state index contributed by atoms with van der Waals surface area (Å²) < 4.78 is 3.03. The molecular weight excluding hydrogens is 373 g/mol. The number of halogens is 3. The predicted molar refractivity (Wildman–Crippen MR) is 94.0 cm³/mol. The van der Waals surface area contributed by atoms with Crippen molar-refractivity contribution in [3.8, 4) is 0 Å². The van der Waals surface area contributed by atoms with Crippen LogP contribution in [0.2, 0.25) is 15.1 Å². The summed E-state index contributed by atoms with van der Waals surface area (Å²) >= 11 is 18.3. The molecular formula is C15H12Cl3N5O. The number of carbonyl (C=O) groups is 1. The van der Waals surface area contributed by atoms with Gasteiger partial charge >= 0.3 is 0 Å². The number of hydrogen-bond acceptors (Lipinski definition) is 3. The highest BCUT2D eigenvalue weighted by Gasteiger charge is 2.17. The van der Waals surface area contributed by atoms with E-state index < -0.39 is 0 Å². The van der Waals surface area contributed by atoms with E-state index in [1.165, 1.54) is 10.9 Å². The first-order valence-electron chi connectivity index (χ1n) is 6.91. The third-order valence-corrected chi connectivity index (χ3v) is 4.36. The molecule has 1 amide bonds. The van der Waals surface area contributed by atoms with E-state index in [1.54, 1.807) is 42.2 Å². The first kappa shape index (κ1) is 16.8. The number of anilines is 1. The number of nitrogens with zero attached hydrogens (tertiary/aromatic N) is 4. The minimum absolute atomic E-state index is 0.264. The Balaban J connectivity index is 1.76. The Bertz CT molecular complexity index is 863. The smallest absolute Gasteiger partial charge is 0.276 e. The first-order chi connectivity index (χ1) is 11.5. The summed E-state index contributed by atoms with van der Waals surface area (Å²) in [5, 5.41) is 12.3. The van der Waals surface area contributed by atoms with Crippen LogP contribution in [0.5, 0.6) is 0 Å². The normalized spacial score (nSPS) is 10.8. The standard InChI is InChI=1S/C15H12Cl3N5O/c1-22-14(12(18)7-19-22)15(24)20-13-5-6-23(21-13)8-9-10(16)3-2-4-11(9)17/h2-7H,8H2,1H3,(H,20,21,24). The second-order valence-electron chi connectivity index (χ2n) is 5.02. The van der Waals surface area contributed by atoms with Gasteiger partial charge in [0.05, 0.1) is 17.8 Å². The molecule has 1 aromatic carbocycles. The van der Waals surface area contributed by atoms with Crippen molar-refractivity contribution in [2.75, 3.05) is 5.32 Å². The molecule has 3 aromatic rings. The van der Waals surface area contributed by atoms with Gasteiger partial charge < -0.3 is 5.32 Å². The summed E-state index contributed by atoms with van der Waals surface area (Å²) in [7, 11) is 1.64. The summed E-state index contributed by atoms with van der Waals surface area (Å²) in [6.45, 7) is 0.390. The van der Waals surface area contributed by atoms with Crippen LogP contribution in [-0.4, -0.2) is 25.5 Å². The number of carbonyl (C=O) groups excluding carboxylic acids is 1. The van der Waals surface area contributed by atoms with Crippen molar-refractivity contribution >= 4 is 46.5 Å². The van der Waals surface area contributed by atoms with Crippen molar-refractivity contribution in [2.45, 2.75) is 6.54 Å². The largest absolute Gasteiger partial charge is 0.304 e. The molecule has 0 atom stereocenters. The zero-order valence-corrected chi connectivity index (χ0v) is 14.8. The van der Waals surface area contributed by atoms with Gasteiger partial charge in [0.2, 0.25) is 0 Å². The minimum Gasteiger partial charge on any atom is -0.304 e. The summed E-state index contributed by atoms with van der Waals surface area (Å²) in [5.41, 5.74) is 1.02. The summed E-state index contributed by atoms with van der Waals surface area (Å²) in [6.07, 6.45) is 3.13. The van der Waals surface area contributed by atoms with Crippen LogP contribution in [0, 0.1) is 0 Å². The first-order valence-corrected chi connectivity index (χ1v) is 8.04. The topological polar surface area (TPSA) is 64.7 Å². The fraction of sp³-hybridized carbons (Fsp3) is 0.133. The Morgan fingerprint density at radius 1 is 1.17 bits per heavy atom. The molecule has 2 aromatic heterocycles. The third-order valence-electron chi connectivity index (χ3n) is 3.37. The van der Waals surface area contributed by atoms with Crippen LogP contribution in [0.4, 0.5) is 5.82 Å². The molecule has 2 heterocycles. The molecule has 0 spiro atoms. The van der Waals surface area contributed by atoms with Crippen LogP contribution in [0.3, 0.4) is 0 Å². The van der Waals surface area contributed by atoms with Crippen molar-refractivity contribution in [1.29, 1.82) is 0 Å². The van der Waals surface area contributed by atoms with E-state index in [4.69, 9.17) is 34.8 Å². The Morgan fingerprint density at radius 2 is 1.88 bits per heavy atom. The lowest BCUT2D eigenvalue weighted by Crippen LogP contribution is -2.17. The van der Waals surface area contributed by atoms with Gasteiger partial charge in [-0.2, -0.15) is 10.2 Å². The highest BCUT2D eigenvalue weighted by Crippen LogP contribution is 2.25. The molecule has 0 aliphatic carbocycles. The van der Waals surface area contributed by atoms with Gasteiger partial charge in [0.1, 0.15) is 5.69 Å². The molecule has 0 radical (unpaired) electrons. The van der Waals surface area contributed by atoms with Crippen molar-refractivity contribution in [3.05, 3.63) is 63.0 Å². The molecule has 0 aliphatic rings. The van der Waals surface area contributed by atoms with E-state index in [0.717, 1.165) is 5.56 Å². The molecule has 124 valence electrons. The molecule has 24 heavy (non-hydrogen) atoms. The van der Waals surface area contributed by atoms with Crippen LogP contribution in [-0.2, 0) is 13.6 Å². The Hall–Kier alpha value is -2.02. The summed E-state index contributed by atoms with van der Waals surface area (Å²) in [6, 6.07) is 6.98. The van der Waals surface area contributed by atoms with Gasteiger partial charge in [0.15, 0.2) is 5.82 Å². The van der Waals surface area contributed by atoms with Gasteiger partial charge in [0, 0.05) is 34.9 Å². The van der Waals surface area contributed by atoms with Crippen molar-refractivity contribution in [1.82, 2.24) is 19.6 Å². The molecule has 0 fully saturated rings. The Kier molecular flexibility index (Phi) is 4.80. The van der Waals surface area contributed by atoms with Crippen molar-refractivity contribution < 1.29 is 4.79 Å². The summed E-state index contributed by atoms with van der Waals surface area (Å²) in [5.74, 6) is 0.00136. The van der Waals surface area contributed by atoms with Crippen LogP contribution in [0.15, 0.2) is 36.7 Å². The van der Waals surface area contributed by atoms with Crippen molar-refractivity contribution in [2.24, 2.45) is 7.05 Å². The fourth-order valence-corrected chi connectivity index (χ4v) is 2.97. The van der Waals surface area contributed by atoms with Gasteiger partial charge in [-0.05, 0) is 12.1 Å². The SMILES string of the molecule is Cn1ncc(Cl)c1C(=O)Nc1ccn(Cc2c(Cl)cccc2Cl)n1. The molecule has 1 N–H and O–H groups in total. The second-order valence-corrected chi connectivity index (χ2v) is 6.24. The highest BCUT2D eigenvalue weighted by atomic mass is 35.5. The number of rotatable bonds is 4. The quantitative estimate of drug-likeness (QED) is 0.742. The molecule has 6 nitrogen and oxygen atoms in total. The third kappa shape index (κ3) is 3.40. The molecule has 0 saturated heterocycles. The van der Waals surface area contributed by atoms with Gasteiger partial charge in [-0.25, -0.2) is 0 Å². The van der Waals surface area contributed by atoms with Gasteiger partial charge in [-0.1, -0.05) is 40.9 Å². The lowest BCUT2D eigenvalue weighted by Gasteiger charge is -2.07. The molecule has 0 saturated carbocycles. The predicted octanol–water partition coefficient (Wildman–Crippen LogP) is 3.88. The number of aryl methyl sites for hydroxylation is 1. The summed E-state index contributed by atoms with van der Waals surface area (Å²) in [4.78, 5) is 12.2. The van der Waals surface area contributed by atoms with Crippen LogP contribution in [0.1, 0.15) is 16.1 Å². The maximum Gasteiger partial charge on any atom is 0.276 e. The number of hydrogen-bond donors (Lipinski definition) is 1. The lowest BCUT2D eigenvalue weighted by molar-refractivity contribution is 0.101. The average molecular weight is 385 g/mol. The number of nitrogens with one attached hydrogen (secondary N) is 1. The van der Waals surface area contributed by atoms with E-state index in [9.17, 15) is 4.79 Å².